The van der Waals surface area contributed by atoms with Gasteiger partial charge in [0.2, 0.25) is 9.84 Å². The zero-order valence-corrected chi connectivity index (χ0v) is 15.6. The molecular weight excluding hydrogens is 394 g/mol. The molecule has 4 nitrogen and oxygen atoms in total. The second-order valence-electron chi connectivity index (χ2n) is 6.33. The quantitative estimate of drug-likeness (QED) is 0.486. The maximum absolute atomic E-state index is 13.8. The lowest BCUT2D eigenvalue weighted by molar-refractivity contribution is 0.588. The number of benzene rings is 3. The highest BCUT2D eigenvalue weighted by atomic mass is 32.2. The molecule has 0 radical (unpaired) electrons. The van der Waals surface area contributed by atoms with Crippen LogP contribution in [0.5, 0.6) is 0 Å². The van der Waals surface area contributed by atoms with Crippen molar-refractivity contribution in [1.82, 2.24) is 4.98 Å². The van der Waals surface area contributed by atoms with E-state index in [-0.39, 0.29) is 15.5 Å². The van der Waals surface area contributed by atoms with Crippen LogP contribution < -0.4 is 0 Å². The third kappa shape index (κ3) is 3.46. The van der Waals surface area contributed by atoms with Crippen molar-refractivity contribution in [3.8, 4) is 17.2 Å². The molecule has 0 fully saturated rings. The first-order valence-corrected chi connectivity index (χ1v) is 9.98. The van der Waals surface area contributed by atoms with Crippen molar-refractivity contribution in [2.24, 2.45) is 0 Å². The van der Waals surface area contributed by atoms with Gasteiger partial charge in [0.05, 0.1) is 22.0 Å². The van der Waals surface area contributed by atoms with Gasteiger partial charge >= 0.3 is 0 Å². The van der Waals surface area contributed by atoms with Crippen LogP contribution in [0.2, 0.25) is 0 Å². The third-order valence-electron chi connectivity index (χ3n) is 4.41. The molecule has 0 amide bonds. The Morgan fingerprint density at radius 2 is 1.66 bits per heavy atom. The molecule has 0 aliphatic rings. The molecule has 1 aromatic heterocycles. The van der Waals surface area contributed by atoms with E-state index in [2.05, 4.69) is 4.98 Å². The summed E-state index contributed by atoms with van der Waals surface area (Å²) in [5.74, 6) is -1.30. The van der Waals surface area contributed by atoms with Gasteiger partial charge < -0.3 is 0 Å². The first-order chi connectivity index (χ1) is 13.9. The van der Waals surface area contributed by atoms with Gasteiger partial charge in [-0.15, -0.1) is 0 Å². The molecule has 3 aromatic carbocycles. The van der Waals surface area contributed by atoms with E-state index in [1.165, 1.54) is 24.3 Å². The zero-order chi connectivity index (χ0) is 20.6. The van der Waals surface area contributed by atoms with E-state index in [1.807, 2.05) is 0 Å². The second kappa shape index (κ2) is 7.08. The van der Waals surface area contributed by atoms with E-state index in [0.29, 0.717) is 22.0 Å². The Hall–Kier alpha value is -3.63. The van der Waals surface area contributed by atoms with Gasteiger partial charge in [-0.3, -0.25) is 0 Å². The standard InChI is InChI=1S/C22H12F2N2O2S/c23-16-5-3-4-15(10-16)20-12-22(26-21-7-2-1-6-19(20)21)29(27,28)18-9-14(13-25)8-17(24)11-18/h1-12H. The van der Waals surface area contributed by atoms with Crippen LogP contribution in [0, 0.1) is 23.0 Å². The molecule has 0 aliphatic heterocycles. The number of fused-ring (bicyclic) bond motifs is 1. The van der Waals surface area contributed by atoms with E-state index in [4.69, 9.17) is 5.26 Å². The maximum atomic E-state index is 13.8. The minimum Gasteiger partial charge on any atom is -0.236 e. The van der Waals surface area contributed by atoms with Gasteiger partial charge in [-0.2, -0.15) is 5.26 Å². The predicted octanol–water partition coefficient (Wildman–Crippen LogP) is 4.88. The Morgan fingerprint density at radius 1 is 0.862 bits per heavy atom. The van der Waals surface area contributed by atoms with Crippen molar-refractivity contribution in [2.45, 2.75) is 9.92 Å². The minimum absolute atomic E-state index is 0.116. The number of nitrogens with zero attached hydrogens (tertiary/aromatic N) is 2. The van der Waals surface area contributed by atoms with Crippen LogP contribution >= 0.6 is 0 Å². The highest BCUT2D eigenvalue weighted by Crippen LogP contribution is 2.32. The summed E-state index contributed by atoms with van der Waals surface area (Å²) in [7, 11) is -4.22. The normalized spacial score (nSPS) is 11.3. The van der Waals surface area contributed by atoms with Crippen molar-refractivity contribution in [2.75, 3.05) is 0 Å². The summed E-state index contributed by atoms with van der Waals surface area (Å²) in [4.78, 5) is 3.86. The lowest BCUT2D eigenvalue weighted by Crippen LogP contribution is -2.06. The van der Waals surface area contributed by atoms with Crippen LogP contribution in [0.25, 0.3) is 22.0 Å². The molecule has 0 N–H and O–H groups in total. The van der Waals surface area contributed by atoms with E-state index in [1.54, 1.807) is 36.4 Å². The Labute approximate surface area is 165 Å². The fraction of sp³-hybridized carbons (Fsp3) is 0. The lowest BCUT2D eigenvalue weighted by atomic mass is 10.0. The molecule has 142 valence electrons. The van der Waals surface area contributed by atoms with Crippen molar-refractivity contribution >= 4 is 20.7 Å². The van der Waals surface area contributed by atoms with Gasteiger partial charge in [0.1, 0.15) is 11.6 Å². The molecule has 1 heterocycles. The smallest absolute Gasteiger partial charge is 0.224 e. The summed E-state index contributed by atoms with van der Waals surface area (Å²) >= 11 is 0. The fourth-order valence-corrected chi connectivity index (χ4v) is 4.37. The van der Waals surface area contributed by atoms with Crippen molar-refractivity contribution in [3.05, 3.63) is 90.0 Å². The van der Waals surface area contributed by atoms with Crippen LogP contribution in [0.1, 0.15) is 5.56 Å². The van der Waals surface area contributed by atoms with Crippen molar-refractivity contribution < 1.29 is 17.2 Å². The molecule has 0 spiro atoms. The van der Waals surface area contributed by atoms with Crippen LogP contribution in [-0.4, -0.2) is 13.4 Å². The number of hydrogen-bond donors (Lipinski definition) is 0. The fourth-order valence-electron chi connectivity index (χ4n) is 3.09. The average Bonchev–Trinajstić information content (AvgIpc) is 2.72. The lowest BCUT2D eigenvalue weighted by Gasteiger charge is -2.11. The Morgan fingerprint density at radius 3 is 2.41 bits per heavy atom. The number of hydrogen-bond acceptors (Lipinski definition) is 4. The number of nitriles is 1. The number of sulfone groups is 1. The highest BCUT2D eigenvalue weighted by Gasteiger charge is 2.23. The van der Waals surface area contributed by atoms with Gasteiger partial charge in [0, 0.05) is 5.39 Å². The molecule has 0 bridgehead atoms. The number of halogens is 2. The van der Waals surface area contributed by atoms with Crippen LogP contribution in [-0.2, 0) is 9.84 Å². The van der Waals surface area contributed by atoms with E-state index >= 15 is 0 Å². The first kappa shape index (κ1) is 18.7. The summed E-state index contributed by atoms with van der Waals surface area (Å²) in [6.45, 7) is 0. The average molecular weight is 406 g/mol. The van der Waals surface area contributed by atoms with E-state index in [0.717, 1.165) is 18.2 Å². The zero-order valence-electron chi connectivity index (χ0n) is 14.8. The molecule has 0 atom stereocenters. The Kier molecular flexibility index (Phi) is 4.57. The summed E-state index contributed by atoms with van der Waals surface area (Å²) in [6, 6.07) is 18.6. The number of aromatic nitrogens is 1. The summed E-state index contributed by atoms with van der Waals surface area (Å²) in [6.07, 6.45) is 0. The van der Waals surface area contributed by atoms with Crippen molar-refractivity contribution in [1.29, 1.82) is 5.26 Å². The van der Waals surface area contributed by atoms with Crippen molar-refractivity contribution in [3.63, 3.8) is 0 Å². The second-order valence-corrected chi connectivity index (χ2v) is 8.22. The molecule has 29 heavy (non-hydrogen) atoms. The topological polar surface area (TPSA) is 70.8 Å². The Bertz CT molecular complexity index is 1410. The summed E-state index contributed by atoms with van der Waals surface area (Å²) < 4.78 is 53.9. The van der Waals surface area contributed by atoms with Gasteiger partial charge in [0.15, 0.2) is 5.03 Å². The molecule has 0 aliphatic carbocycles. The molecule has 4 rings (SSSR count). The molecule has 0 saturated heterocycles. The monoisotopic (exact) mass is 406 g/mol. The maximum Gasteiger partial charge on any atom is 0.224 e. The summed E-state index contributed by atoms with van der Waals surface area (Å²) in [5.41, 5.74) is 1.24. The molecule has 7 heteroatoms. The number of para-hydroxylation sites is 1. The SMILES string of the molecule is N#Cc1cc(F)cc(S(=O)(=O)c2cc(-c3cccc(F)c3)c3ccccc3n2)c1. The Balaban J connectivity index is 2.00. The molecule has 0 unspecified atom stereocenters. The van der Waals surface area contributed by atoms with Gasteiger partial charge in [-0.25, -0.2) is 22.2 Å². The van der Waals surface area contributed by atoms with Crippen LogP contribution in [0.4, 0.5) is 8.78 Å². The predicted molar refractivity (Wildman–Crippen MR) is 104 cm³/mol. The first-order valence-electron chi connectivity index (χ1n) is 8.50. The van der Waals surface area contributed by atoms with E-state index < -0.39 is 21.5 Å². The molecule has 0 saturated carbocycles. The number of rotatable bonds is 3. The minimum atomic E-state index is -4.22. The largest absolute Gasteiger partial charge is 0.236 e. The third-order valence-corrected chi connectivity index (χ3v) is 6.03. The van der Waals surface area contributed by atoms with Crippen LogP contribution in [0.3, 0.4) is 0 Å². The van der Waals surface area contributed by atoms with Gasteiger partial charge in [-0.1, -0.05) is 30.3 Å². The molecular formula is C22H12F2N2O2S. The highest BCUT2D eigenvalue weighted by molar-refractivity contribution is 7.91. The molecule has 4 aromatic rings. The van der Waals surface area contributed by atoms with E-state index in [9.17, 15) is 17.2 Å². The van der Waals surface area contributed by atoms with Crippen LogP contribution in [0.15, 0.2) is 82.7 Å². The van der Waals surface area contributed by atoms with Gasteiger partial charge in [0.25, 0.3) is 0 Å². The number of pyridine rings is 1. The summed E-state index contributed by atoms with van der Waals surface area (Å²) in [5, 5.41) is 9.35. The van der Waals surface area contributed by atoms with Gasteiger partial charge in [-0.05, 0) is 53.6 Å².